The van der Waals surface area contributed by atoms with E-state index in [4.69, 9.17) is 4.74 Å². The molecule has 0 aliphatic rings. The Morgan fingerprint density at radius 2 is 2.15 bits per heavy atom. The van der Waals surface area contributed by atoms with Gasteiger partial charge in [0.05, 0.1) is 0 Å². The van der Waals surface area contributed by atoms with Crippen molar-refractivity contribution in [1.29, 1.82) is 0 Å². The minimum Gasteiger partial charge on any atom is -0.471 e. The van der Waals surface area contributed by atoms with Crippen molar-refractivity contribution in [3.63, 3.8) is 0 Å². The van der Waals surface area contributed by atoms with Crippen LogP contribution >= 0.6 is 0 Å². The number of carbonyl (C=O) groups excluding carboxylic acids is 1. The first-order valence-electron chi connectivity index (χ1n) is 6.62. The van der Waals surface area contributed by atoms with Crippen LogP contribution in [0.4, 0.5) is 0 Å². The van der Waals surface area contributed by atoms with Gasteiger partial charge in [0.25, 0.3) is 5.91 Å². The van der Waals surface area contributed by atoms with Crippen molar-refractivity contribution in [1.82, 2.24) is 15.1 Å². The molecule has 1 aromatic heterocycles. The minimum absolute atomic E-state index is 0.169. The Labute approximate surface area is 118 Å². The number of carbonyl (C=O) groups is 1. The third-order valence-corrected chi connectivity index (χ3v) is 2.89. The fourth-order valence-corrected chi connectivity index (χ4v) is 1.90. The number of ether oxygens (including phenoxy) is 1. The Bertz CT molecular complexity index is 605. The highest BCUT2D eigenvalue weighted by Crippen LogP contribution is 2.18. The minimum atomic E-state index is -0.169. The van der Waals surface area contributed by atoms with E-state index < -0.39 is 0 Å². The maximum atomic E-state index is 11.6. The van der Waals surface area contributed by atoms with Crippen molar-refractivity contribution in [3.05, 3.63) is 47.3 Å². The number of aryl methyl sites for hydroxylation is 2. The molecule has 0 atom stereocenters. The van der Waals surface area contributed by atoms with Gasteiger partial charge < -0.3 is 10.1 Å². The fourth-order valence-electron chi connectivity index (χ4n) is 1.90. The number of benzene rings is 1. The van der Waals surface area contributed by atoms with E-state index in [2.05, 4.69) is 16.5 Å². The van der Waals surface area contributed by atoms with Crippen molar-refractivity contribution in [2.75, 3.05) is 6.54 Å². The molecule has 1 aromatic carbocycles. The van der Waals surface area contributed by atoms with Crippen molar-refractivity contribution >= 4 is 5.91 Å². The molecular weight excluding hydrogens is 254 g/mol. The molecule has 0 bridgehead atoms. The van der Waals surface area contributed by atoms with Gasteiger partial charge in [-0.2, -0.15) is 5.10 Å². The van der Waals surface area contributed by atoms with Gasteiger partial charge in [0, 0.05) is 12.7 Å². The average molecular weight is 273 g/mol. The highest BCUT2D eigenvalue weighted by Gasteiger charge is 2.08. The topological polar surface area (TPSA) is 56.2 Å². The second kappa shape index (κ2) is 6.23. The molecule has 0 saturated carbocycles. The van der Waals surface area contributed by atoms with Gasteiger partial charge in [-0.25, -0.2) is 4.68 Å². The lowest BCUT2D eigenvalue weighted by atomic mass is 10.1. The zero-order valence-corrected chi connectivity index (χ0v) is 12.0. The quantitative estimate of drug-likeness (QED) is 0.909. The number of rotatable bonds is 5. The van der Waals surface area contributed by atoms with Gasteiger partial charge in [0.2, 0.25) is 0 Å². The monoisotopic (exact) mass is 273 g/mol. The van der Waals surface area contributed by atoms with E-state index >= 15 is 0 Å². The van der Waals surface area contributed by atoms with Gasteiger partial charge in [-0.15, -0.1) is 0 Å². The summed E-state index contributed by atoms with van der Waals surface area (Å²) in [7, 11) is 0. The van der Waals surface area contributed by atoms with Gasteiger partial charge in [0.1, 0.15) is 11.4 Å². The molecule has 0 aliphatic heterocycles. The number of hydrogen-bond donors (Lipinski definition) is 1. The first-order valence-corrected chi connectivity index (χ1v) is 6.62. The molecule has 0 unspecified atom stereocenters. The summed E-state index contributed by atoms with van der Waals surface area (Å²) in [6.07, 6.45) is 1.73. The van der Waals surface area contributed by atoms with Crippen LogP contribution in [-0.4, -0.2) is 22.2 Å². The second-order valence-corrected chi connectivity index (χ2v) is 4.64. The van der Waals surface area contributed by atoms with Gasteiger partial charge in [0.15, 0.2) is 6.73 Å². The molecular formula is C15H19N3O2. The molecule has 5 nitrogen and oxygen atoms in total. The summed E-state index contributed by atoms with van der Waals surface area (Å²) in [6, 6.07) is 7.69. The van der Waals surface area contributed by atoms with E-state index in [1.165, 1.54) is 5.56 Å². The third kappa shape index (κ3) is 3.38. The predicted molar refractivity (Wildman–Crippen MR) is 76.8 cm³/mol. The van der Waals surface area contributed by atoms with E-state index in [9.17, 15) is 4.79 Å². The van der Waals surface area contributed by atoms with Crippen LogP contribution < -0.4 is 10.1 Å². The number of nitrogens with one attached hydrogen (secondary N) is 1. The number of aromatic nitrogens is 2. The molecule has 0 fully saturated rings. The van der Waals surface area contributed by atoms with Gasteiger partial charge in [-0.1, -0.05) is 17.7 Å². The zero-order chi connectivity index (χ0) is 14.5. The van der Waals surface area contributed by atoms with Gasteiger partial charge in [-0.05, 0) is 38.5 Å². The van der Waals surface area contributed by atoms with Crippen LogP contribution in [0.3, 0.4) is 0 Å². The first-order chi connectivity index (χ1) is 9.60. The van der Waals surface area contributed by atoms with Gasteiger partial charge >= 0.3 is 0 Å². The highest BCUT2D eigenvalue weighted by molar-refractivity contribution is 5.92. The van der Waals surface area contributed by atoms with Crippen molar-refractivity contribution in [3.8, 4) is 5.75 Å². The smallest absolute Gasteiger partial charge is 0.271 e. The molecule has 20 heavy (non-hydrogen) atoms. The van der Waals surface area contributed by atoms with Crippen molar-refractivity contribution in [2.45, 2.75) is 27.5 Å². The van der Waals surface area contributed by atoms with Crippen LogP contribution in [0.2, 0.25) is 0 Å². The molecule has 5 heteroatoms. The molecule has 0 saturated heterocycles. The van der Waals surface area contributed by atoms with Crippen LogP contribution in [0.15, 0.2) is 30.5 Å². The van der Waals surface area contributed by atoms with Crippen LogP contribution in [0.25, 0.3) is 0 Å². The lowest BCUT2D eigenvalue weighted by Crippen LogP contribution is -2.23. The summed E-state index contributed by atoms with van der Waals surface area (Å²) in [6.45, 7) is 6.79. The normalized spacial score (nSPS) is 10.3. The number of hydrogen-bond acceptors (Lipinski definition) is 3. The van der Waals surface area contributed by atoms with E-state index in [1.54, 1.807) is 16.9 Å². The third-order valence-electron chi connectivity index (χ3n) is 2.89. The van der Waals surface area contributed by atoms with Crippen LogP contribution in [0.5, 0.6) is 5.75 Å². The summed E-state index contributed by atoms with van der Waals surface area (Å²) < 4.78 is 7.30. The lowest BCUT2D eigenvalue weighted by Gasteiger charge is -2.09. The Hall–Kier alpha value is -2.30. The molecule has 2 aromatic rings. The van der Waals surface area contributed by atoms with Crippen molar-refractivity contribution in [2.24, 2.45) is 0 Å². The van der Waals surface area contributed by atoms with Crippen LogP contribution in [-0.2, 0) is 6.73 Å². The lowest BCUT2D eigenvalue weighted by molar-refractivity contribution is 0.0949. The van der Waals surface area contributed by atoms with E-state index in [0.717, 1.165) is 11.3 Å². The standard InChI is InChI=1S/C15H19N3O2/c1-4-16-15(19)13-7-8-18(17-13)10-20-14-6-5-11(2)9-12(14)3/h5-9H,4,10H2,1-3H3,(H,16,19). The van der Waals surface area contributed by atoms with Gasteiger partial charge in [-0.3, -0.25) is 4.79 Å². The number of amides is 1. The maximum Gasteiger partial charge on any atom is 0.271 e. The molecule has 1 amide bonds. The number of nitrogens with zero attached hydrogens (tertiary/aromatic N) is 2. The van der Waals surface area contributed by atoms with E-state index in [1.807, 2.05) is 32.9 Å². The summed E-state index contributed by atoms with van der Waals surface area (Å²) in [5.41, 5.74) is 2.68. The molecule has 0 spiro atoms. The summed E-state index contributed by atoms with van der Waals surface area (Å²) in [4.78, 5) is 11.6. The fraction of sp³-hybridized carbons (Fsp3) is 0.333. The highest BCUT2D eigenvalue weighted by atomic mass is 16.5. The van der Waals surface area contributed by atoms with Crippen LogP contribution in [0, 0.1) is 13.8 Å². The SMILES string of the molecule is CCNC(=O)c1ccn(COc2ccc(C)cc2C)n1. The predicted octanol–water partition coefficient (Wildman–Crippen LogP) is 2.29. The Kier molecular flexibility index (Phi) is 4.40. The largest absolute Gasteiger partial charge is 0.471 e. The first kappa shape index (κ1) is 14.1. The summed E-state index contributed by atoms with van der Waals surface area (Å²) >= 11 is 0. The van der Waals surface area contributed by atoms with Crippen LogP contribution in [0.1, 0.15) is 28.5 Å². The molecule has 2 rings (SSSR count). The summed E-state index contributed by atoms with van der Waals surface area (Å²) in [5.74, 6) is 0.656. The molecule has 0 radical (unpaired) electrons. The Morgan fingerprint density at radius 1 is 1.35 bits per heavy atom. The Balaban J connectivity index is 1.99. The molecule has 106 valence electrons. The van der Waals surface area contributed by atoms with E-state index in [-0.39, 0.29) is 12.6 Å². The average Bonchev–Trinajstić information content (AvgIpc) is 2.87. The Morgan fingerprint density at radius 3 is 2.85 bits per heavy atom. The maximum absolute atomic E-state index is 11.6. The molecule has 1 N–H and O–H groups in total. The molecule has 1 heterocycles. The summed E-state index contributed by atoms with van der Waals surface area (Å²) in [5, 5.41) is 6.88. The zero-order valence-electron chi connectivity index (χ0n) is 12.0. The second-order valence-electron chi connectivity index (χ2n) is 4.64. The van der Waals surface area contributed by atoms with E-state index in [0.29, 0.717) is 12.2 Å². The van der Waals surface area contributed by atoms with Crippen molar-refractivity contribution < 1.29 is 9.53 Å². The molecule has 0 aliphatic carbocycles.